The molecule has 0 fully saturated rings. The summed E-state index contributed by atoms with van der Waals surface area (Å²) in [5, 5.41) is 3.77. The maximum absolute atomic E-state index is 6.45. The molecule has 2 heteroatoms. The Morgan fingerprint density at radius 3 is 2.38 bits per heavy atom. The Labute approximate surface area is 130 Å². The van der Waals surface area contributed by atoms with Crippen LogP contribution >= 0.6 is 0 Å². The van der Waals surface area contributed by atoms with Crippen LogP contribution in [-0.2, 0) is 0 Å². The van der Waals surface area contributed by atoms with Crippen molar-refractivity contribution in [2.45, 2.75) is 72.4 Å². The molecule has 1 unspecified atom stereocenters. The predicted octanol–water partition coefficient (Wildman–Crippen LogP) is 4.93. The molecule has 0 spiro atoms. The SMILES string of the molecule is CCC1(CC)CC(NCC(C)C)c2cc(C)c(C)cc2O1. The van der Waals surface area contributed by atoms with Gasteiger partial charge in [-0.25, -0.2) is 0 Å². The number of rotatable bonds is 5. The van der Waals surface area contributed by atoms with Crippen LogP contribution in [0.3, 0.4) is 0 Å². The molecule has 0 saturated carbocycles. The summed E-state index contributed by atoms with van der Waals surface area (Å²) >= 11 is 0. The van der Waals surface area contributed by atoms with Crippen molar-refractivity contribution in [1.29, 1.82) is 0 Å². The molecule has 0 radical (unpaired) electrons. The highest BCUT2D eigenvalue weighted by Crippen LogP contribution is 2.43. The van der Waals surface area contributed by atoms with E-state index in [1.54, 1.807) is 0 Å². The van der Waals surface area contributed by atoms with Crippen LogP contribution in [0, 0.1) is 19.8 Å². The second kappa shape index (κ2) is 6.39. The standard InChI is InChI=1S/C19H31NO/c1-7-19(8-2)11-17(20-12-13(3)4)16-9-14(5)15(6)10-18(16)21-19/h9-10,13,17,20H,7-8,11-12H2,1-6H3. The average molecular weight is 289 g/mol. The average Bonchev–Trinajstić information content (AvgIpc) is 2.46. The van der Waals surface area contributed by atoms with Crippen LogP contribution in [0.1, 0.15) is 69.7 Å². The fourth-order valence-electron chi connectivity index (χ4n) is 3.17. The number of aryl methyl sites for hydroxylation is 2. The molecule has 0 saturated heterocycles. The molecule has 1 aliphatic heterocycles. The molecule has 118 valence electrons. The van der Waals surface area contributed by atoms with Gasteiger partial charge in [-0.1, -0.05) is 33.8 Å². The van der Waals surface area contributed by atoms with Crippen LogP contribution in [0.25, 0.3) is 0 Å². The second-order valence-electron chi connectivity index (χ2n) is 7.03. The summed E-state index contributed by atoms with van der Waals surface area (Å²) in [5.41, 5.74) is 4.01. The Morgan fingerprint density at radius 1 is 1.19 bits per heavy atom. The van der Waals surface area contributed by atoms with Gasteiger partial charge in [0.05, 0.1) is 0 Å². The topological polar surface area (TPSA) is 21.3 Å². The van der Waals surface area contributed by atoms with Crippen molar-refractivity contribution in [3.05, 3.63) is 28.8 Å². The quantitative estimate of drug-likeness (QED) is 0.829. The van der Waals surface area contributed by atoms with Crippen molar-refractivity contribution in [2.24, 2.45) is 5.92 Å². The fraction of sp³-hybridized carbons (Fsp3) is 0.684. The van der Waals surface area contributed by atoms with Crippen molar-refractivity contribution in [1.82, 2.24) is 5.32 Å². The van der Waals surface area contributed by atoms with Gasteiger partial charge in [0.25, 0.3) is 0 Å². The maximum Gasteiger partial charge on any atom is 0.125 e. The van der Waals surface area contributed by atoms with Crippen LogP contribution in [0.5, 0.6) is 5.75 Å². The Hall–Kier alpha value is -1.02. The molecule has 1 aromatic rings. The highest BCUT2D eigenvalue weighted by Gasteiger charge is 2.38. The van der Waals surface area contributed by atoms with Gasteiger partial charge in [0.1, 0.15) is 11.4 Å². The first kappa shape index (κ1) is 16.4. The molecule has 1 aliphatic rings. The van der Waals surface area contributed by atoms with Crippen LogP contribution in [0.4, 0.5) is 0 Å². The molecule has 1 heterocycles. The number of nitrogens with one attached hydrogen (secondary N) is 1. The maximum atomic E-state index is 6.45. The minimum atomic E-state index is -0.0106. The Balaban J connectivity index is 2.38. The van der Waals surface area contributed by atoms with Crippen molar-refractivity contribution in [3.8, 4) is 5.75 Å². The highest BCUT2D eigenvalue weighted by atomic mass is 16.5. The smallest absolute Gasteiger partial charge is 0.125 e. The minimum Gasteiger partial charge on any atom is -0.487 e. The highest BCUT2D eigenvalue weighted by molar-refractivity contribution is 5.45. The zero-order chi connectivity index (χ0) is 15.6. The number of fused-ring (bicyclic) bond motifs is 1. The van der Waals surface area contributed by atoms with Gasteiger partial charge in [-0.3, -0.25) is 0 Å². The summed E-state index contributed by atoms with van der Waals surface area (Å²) in [6.45, 7) is 14.4. The molecule has 0 amide bonds. The van der Waals surface area contributed by atoms with E-state index in [1.165, 1.54) is 16.7 Å². The Bertz CT molecular complexity index is 489. The van der Waals surface area contributed by atoms with E-state index in [9.17, 15) is 0 Å². The number of ether oxygens (including phenoxy) is 1. The predicted molar refractivity (Wildman–Crippen MR) is 90.1 cm³/mol. The minimum absolute atomic E-state index is 0.0106. The number of hydrogen-bond acceptors (Lipinski definition) is 2. The van der Waals surface area contributed by atoms with Crippen molar-refractivity contribution < 1.29 is 4.74 Å². The summed E-state index contributed by atoms with van der Waals surface area (Å²) in [6.07, 6.45) is 3.20. The molecule has 1 N–H and O–H groups in total. The van der Waals surface area contributed by atoms with Crippen LogP contribution in [0.2, 0.25) is 0 Å². The molecular formula is C19H31NO. The molecule has 0 bridgehead atoms. The molecule has 2 nitrogen and oxygen atoms in total. The zero-order valence-electron chi connectivity index (χ0n) is 14.5. The lowest BCUT2D eigenvalue weighted by atomic mass is 9.82. The Morgan fingerprint density at radius 2 is 1.81 bits per heavy atom. The summed E-state index contributed by atoms with van der Waals surface area (Å²) < 4.78 is 6.45. The van der Waals surface area contributed by atoms with Crippen molar-refractivity contribution >= 4 is 0 Å². The molecule has 1 atom stereocenters. The largest absolute Gasteiger partial charge is 0.487 e. The van der Waals surface area contributed by atoms with Gasteiger partial charge in [0, 0.05) is 18.0 Å². The molecule has 0 aliphatic carbocycles. The third-order valence-electron chi connectivity index (χ3n) is 4.97. The third kappa shape index (κ3) is 3.42. The zero-order valence-corrected chi connectivity index (χ0v) is 14.5. The van der Waals surface area contributed by atoms with E-state index in [4.69, 9.17) is 4.74 Å². The first-order valence-corrected chi connectivity index (χ1v) is 8.44. The van der Waals surface area contributed by atoms with E-state index in [2.05, 4.69) is 59.0 Å². The van der Waals surface area contributed by atoms with Gasteiger partial charge in [0.15, 0.2) is 0 Å². The normalized spacial score (nSPS) is 20.2. The van der Waals surface area contributed by atoms with Crippen LogP contribution in [-0.4, -0.2) is 12.1 Å². The fourth-order valence-corrected chi connectivity index (χ4v) is 3.17. The van der Waals surface area contributed by atoms with E-state index in [0.29, 0.717) is 12.0 Å². The van der Waals surface area contributed by atoms with E-state index in [-0.39, 0.29) is 5.60 Å². The first-order chi connectivity index (χ1) is 9.90. The lowest BCUT2D eigenvalue weighted by Crippen LogP contribution is -2.44. The van der Waals surface area contributed by atoms with Gasteiger partial charge in [-0.05, 0) is 56.3 Å². The molecule has 21 heavy (non-hydrogen) atoms. The molecule has 2 rings (SSSR count). The van der Waals surface area contributed by atoms with Gasteiger partial charge in [-0.15, -0.1) is 0 Å². The van der Waals surface area contributed by atoms with E-state index in [0.717, 1.165) is 31.6 Å². The van der Waals surface area contributed by atoms with Crippen molar-refractivity contribution in [3.63, 3.8) is 0 Å². The summed E-state index contributed by atoms with van der Waals surface area (Å²) in [5.74, 6) is 1.76. The van der Waals surface area contributed by atoms with E-state index < -0.39 is 0 Å². The van der Waals surface area contributed by atoms with Gasteiger partial charge in [-0.2, -0.15) is 0 Å². The monoisotopic (exact) mass is 289 g/mol. The summed E-state index contributed by atoms with van der Waals surface area (Å²) in [6, 6.07) is 4.96. The van der Waals surface area contributed by atoms with Gasteiger partial charge in [0.2, 0.25) is 0 Å². The summed E-state index contributed by atoms with van der Waals surface area (Å²) in [4.78, 5) is 0. The third-order valence-corrected chi connectivity index (χ3v) is 4.97. The molecular weight excluding hydrogens is 258 g/mol. The van der Waals surface area contributed by atoms with E-state index >= 15 is 0 Å². The van der Waals surface area contributed by atoms with Crippen LogP contribution in [0.15, 0.2) is 12.1 Å². The number of benzene rings is 1. The lowest BCUT2D eigenvalue weighted by molar-refractivity contribution is 0.0223. The number of hydrogen-bond donors (Lipinski definition) is 1. The van der Waals surface area contributed by atoms with Crippen molar-refractivity contribution in [2.75, 3.05) is 6.54 Å². The van der Waals surface area contributed by atoms with Gasteiger partial charge >= 0.3 is 0 Å². The Kier molecular flexibility index (Phi) is 4.98. The van der Waals surface area contributed by atoms with Gasteiger partial charge < -0.3 is 10.1 Å². The second-order valence-corrected chi connectivity index (χ2v) is 7.03. The summed E-state index contributed by atoms with van der Waals surface area (Å²) in [7, 11) is 0. The molecule has 0 aromatic heterocycles. The van der Waals surface area contributed by atoms with Crippen LogP contribution < -0.4 is 10.1 Å². The molecule has 1 aromatic carbocycles. The lowest BCUT2D eigenvalue weighted by Gasteiger charge is -2.42. The first-order valence-electron chi connectivity index (χ1n) is 8.44. The van der Waals surface area contributed by atoms with E-state index in [1.807, 2.05) is 0 Å².